The molecule has 0 atom stereocenters. The molecule has 0 N–H and O–H groups in total. The van der Waals surface area contributed by atoms with Crippen molar-refractivity contribution in [2.24, 2.45) is 0 Å². The number of fused-ring (bicyclic) bond motifs is 3. The molecule has 0 spiro atoms. The topological polar surface area (TPSA) is 102 Å². The van der Waals surface area contributed by atoms with Gasteiger partial charge in [-0.3, -0.25) is 25.1 Å². The van der Waals surface area contributed by atoms with Gasteiger partial charge in [0.05, 0.1) is 20.1 Å². The molecule has 0 radical (unpaired) electrons. The second kappa shape index (κ2) is 8.91. The number of aromatic nitrogens is 1. The molecule has 0 amide bonds. The number of halogens is 1. The van der Waals surface area contributed by atoms with Crippen LogP contribution in [0.3, 0.4) is 0 Å². The highest BCUT2D eigenvalue weighted by molar-refractivity contribution is 9.10. The molecule has 0 fully saturated rings. The molecule has 1 aromatic heterocycles. The molecule has 37 heavy (non-hydrogen) atoms. The van der Waals surface area contributed by atoms with Gasteiger partial charge in [0.1, 0.15) is 0 Å². The van der Waals surface area contributed by atoms with Crippen molar-refractivity contribution >= 4 is 86.9 Å². The number of nitro groups is 2. The fourth-order valence-electron chi connectivity index (χ4n) is 4.32. The number of anilines is 3. The van der Waals surface area contributed by atoms with Crippen molar-refractivity contribution in [1.29, 1.82) is 0 Å². The van der Waals surface area contributed by atoms with Gasteiger partial charge in [-0.1, -0.05) is 29.5 Å². The summed E-state index contributed by atoms with van der Waals surface area (Å²) in [7, 11) is 0. The largest absolute Gasteiger partial charge is 0.286 e. The zero-order valence-electron chi connectivity index (χ0n) is 18.9. The summed E-state index contributed by atoms with van der Waals surface area (Å²) in [6, 6.07) is 26.9. The minimum Gasteiger partial charge on any atom is -0.286 e. The molecule has 1 heterocycles. The summed E-state index contributed by atoms with van der Waals surface area (Å²) in [5.74, 6) is 0. The van der Waals surface area contributed by atoms with Crippen LogP contribution in [0.5, 0.6) is 0 Å². The molecular weight excluding hydrogens is 556 g/mol. The maximum atomic E-state index is 11.2. The second-order valence-electron chi connectivity index (χ2n) is 8.37. The summed E-state index contributed by atoms with van der Waals surface area (Å²) in [5, 5.41) is 26.4. The van der Waals surface area contributed by atoms with Crippen molar-refractivity contribution < 1.29 is 9.85 Å². The molecule has 0 saturated heterocycles. The smallest absolute Gasteiger partial charge is 0.270 e. The predicted octanol–water partition coefficient (Wildman–Crippen LogP) is 8.65. The van der Waals surface area contributed by atoms with Crippen LogP contribution in [0.1, 0.15) is 0 Å². The van der Waals surface area contributed by atoms with Gasteiger partial charge < -0.3 is 0 Å². The Bertz CT molecular complexity index is 1790. The van der Waals surface area contributed by atoms with Crippen molar-refractivity contribution in [2.75, 3.05) is 4.90 Å². The number of benzene rings is 5. The lowest BCUT2D eigenvalue weighted by atomic mass is 10.1. The van der Waals surface area contributed by atoms with E-state index in [4.69, 9.17) is 4.98 Å². The Morgan fingerprint density at radius 2 is 1.22 bits per heavy atom. The van der Waals surface area contributed by atoms with Crippen molar-refractivity contribution in [2.45, 2.75) is 0 Å². The molecule has 0 aliphatic carbocycles. The van der Waals surface area contributed by atoms with Crippen LogP contribution < -0.4 is 4.90 Å². The molecule has 6 rings (SSSR count). The van der Waals surface area contributed by atoms with Crippen molar-refractivity contribution in [3.8, 4) is 0 Å². The Morgan fingerprint density at radius 1 is 0.703 bits per heavy atom. The van der Waals surface area contributed by atoms with Gasteiger partial charge in [0.15, 0.2) is 5.13 Å². The Labute approximate surface area is 221 Å². The zero-order valence-corrected chi connectivity index (χ0v) is 21.3. The average molecular weight is 571 g/mol. The lowest BCUT2D eigenvalue weighted by molar-refractivity contribution is -0.384. The number of hydrogen-bond donors (Lipinski definition) is 0. The molecule has 0 unspecified atom stereocenters. The molecule has 8 nitrogen and oxygen atoms in total. The summed E-state index contributed by atoms with van der Waals surface area (Å²) < 4.78 is 1.96. The fourth-order valence-corrected chi connectivity index (χ4v) is 5.93. The third kappa shape index (κ3) is 4.15. The van der Waals surface area contributed by atoms with Gasteiger partial charge in [-0.15, -0.1) is 0 Å². The molecule has 10 heteroatoms. The highest BCUT2D eigenvalue weighted by Gasteiger charge is 2.19. The number of rotatable bonds is 5. The van der Waals surface area contributed by atoms with Crippen LogP contribution in [0.4, 0.5) is 27.9 Å². The molecule has 0 bridgehead atoms. The average Bonchev–Trinajstić information content (AvgIpc) is 3.33. The van der Waals surface area contributed by atoms with Crippen LogP contribution in [0.2, 0.25) is 0 Å². The number of non-ortho nitro benzene ring substituents is 2. The van der Waals surface area contributed by atoms with E-state index < -0.39 is 9.85 Å². The first-order valence-corrected chi connectivity index (χ1v) is 12.7. The zero-order chi connectivity index (χ0) is 25.7. The second-order valence-corrected chi connectivity index (χ2v) is 10.2. The summed E-state index contributed by atoms with van der Waals surface area (Å²) in [6.45, 7) is 0. The van der Waals surface area contributed by atoms with E-state index in [-0.39, 0.29) is 11.4 Å². The van der Waals surface area contributed by atoms with Gasteiger partial charge in [0.25, 0.3) is 11.4 Å². The fraction of sp³-hybridized carbons (Fsp3) is 0. The summed E-state index contributed by atoms with van der Waals surface area (Å²) in [4.78, 5) is 28.5. The first-order valence-electron chi connectivity index (χ1n) is 11.1. The Hall–Kier alpha value is -4.41. The van der Waals surface area contributed by atoms with E-state index in [9.17, 15) is 20.2 Å². The Kier molecular flexibility index (Phi) is 5.54. The lowest BCUT2D eigenvalue weighted by Crippen LogP contribution is -2.09. The van der Waals surface area contributed by atoms with Gasteiger partial charge in [-0.25, -0.2) is 4.98 Å². The van der Waals surface area contributed by atoms with E-state index in [1.807, 2.05) is 59.5 Å². The van der Waals surface area contributed by atoms with Crippen LogP contribution in [0.15, 0.2) is 95.5 Å². The molecule has 0 aliphatic rings. The summed E-state index contributed by atoms with van der Waals surface area (Å²) >= 11 is 5.15. The standard InChI is InChI=1S/C27H15BrN4O4S/c28-24-2-1-3-25-26(24)37-27(29-25)30(20-8-4-18-14-22(31(33)34)10-6-16(18)12-20)21-9-5-19-15-23(32(35)36)11-7-17(19)13-21/h1-15H. The highest BCUT2D eigenvalue weighted by Crippen LogP contribution is 2.43. The minimum atomic E-state index is -0.405. The predicted molar refractivity (Wildman–Crippen MR) is 150 cm³/mol. The number of hydrogen-bond acceptors (Lipinski definition) is 7. The number of nitrogens with zero attached hydrogens (tertiary/aromatic N) is 4. The third-order valence-electron chi connectivity index (χ3n) is 6.10. The van der Waals surface area contributed by atoms with E-state index in [0.717, 1.165) is 52.7 Å². The van der Waals surface area contributed by atoms with Crippen LogP contribution in [-0.2, 0) is 0 Å². The van der Waals surface area contributed by atoms with Crippen LogP contribution in [0.25, 0.3) is 31.8 Å². The number of nitro benzene ring substituents is 2. The minimum absolute atomic E-state index is 0.0387. The van der Waals surface area contributed by atoms with E-state index in [2.05, 4.69) is 15.9 Å². The van der Waals surface area contributed by atoms with Crippen LogP contribution in [-0.4, -0.2) is 14.8 Å². The first-order chi connectivity index (χ1) is 17.9. The molecule has 0 aliphatic heterocycles. The maximum absolute atomic E-state index is 11.2. The lowest BCUT2D eigenvalue weighted by Gasteiger charge is -2.23. The maximum Gasteiger partial charge on any atom is 0.270 e. The van der Waals surface area contributed by atoms with Crippen molar-refractivity contribution in [1.82, 2.24) is 4.98 Å². The summed E-state index contributed by atoms with van der Waals surface area (Å²) in [6.07, 6.45) is 0. The summed E-state index contributed by atoms with van der Waals surface area (Å²) in [5.41, 5.74) is 2.59. The van der Waals surface area contributed by atoms with E-state index in [1.165, 1.54) is 23.5 Å². The molecule has 5 aromatic carbocycles. The first kappa shape index (κ1) is 23.0. The van der Waals surface area contributed by atoms with Crippen LogP contribution >= 0.6 is 27.3 Å². The van der Waals surface area contributed by atoms with Gasteiger partial charge >= 0.3 is 0 Å². The van der Waals surface area contributed by atoms with Gasteiger partial charge in [0.2, 0.25) is 0 Å². The van der Waals surface area contributed by atoms with Gasteiger partial charge in [-0.05, 0) is 86.0 Å². The van der Waals surface area contributed by atoms with Gasteiger partial charge in [0, 0.05) is 40.1 Å². The van der Waals surface area contributed by atoms with Gasteiger partial charge in [-0.2, -0.15) is 0 Å². The quantitative estimate of drug-likeness (QED) is 0.152. The van der Waals surface area contributed by atoms with E-state index in [1.54, 1.807) is 24.3 Å². The highest BCUT2D eigenvalue weighted by atomic mass is 79.9. The third-order valence-corrected chi connectivity index (χ3v) is 8.11. The van der Waals surface area contributed by atoms with Crippen molar-refractivity contribution in [3.63, 3.8) is 0 Å². The SMILES string of the molecule is O=[N+]([O-])c1ccc2cc(N(c3ccc4cc([N+](=O)[O-])ccc4c3)c3nc4cccc(Br)c4s3)ccc2c1. The normalized spacial score (nSPS) is 11.3. The molecule has 6 aromatic rings. The Morgan fingerprint density at radius 3 is 1.73 bits per heavy atom. The van der Waals surface area contributed by atoms with E-state index >= 15 is 0 Å². The van der Waals surface area contributed by atoms with Crippen LogP contribution in [0, 0.1) is 20.2 Å². The molecular formula is C27H15BrN4O4S. The molecule has 180 valence electrons. The Balaban J connectivity index is 1.55. The monoisotopic (exact) mass is 570 g/mol. The molecule has 0 saturated carbocycles. The number of thiazole rings is 1. The van der Waals surface area contributed by atoms with Crippen molar-refractivity contribution in [3.05, 3.63) is 116 Å². The van der Waals surface area contributed by atoms with E-state index in [0.29, 0.717) is 0 Å².